The molecule has 2 aromatic rings. The van der Waals surface area contributed by atoms with E-state index in [0.29, 0.717) is 22.2 Å². The van der Waals surface area contributed by atoms with Crippen molar-refractivity contribution < 1.29 is 23.1 Å². The maximum Gasteiger partial charge on any atom is 0.258 e. The largest absolute Gasteiger partial charge is 0.490 e. The quantitative estimate of drug-likeness (QED) is 0.611. The standard InChI is InChI=1S/C23H24ClF2N5O3/c24-16-6-1-2-7-18(16)34-13-17(27)21(32)30-10-8-19-23(14-30,11-15-5-3-4-9-28-15)22(33)31(29-19)12-20(25)26/h1-7,9,17,20H,8,10-14,27H2. The highest BCUT2D eigenvalue weighted by atomic mass is 35.5. The van der Waals surface area contributed by atoms with Gasteiger partial charge in [-0.05, 0) is 24.3 Å². The molecule has 1 saturated heterocycles. The number of hydrogen-bond acceptors (Lipinski definition) is 6. The lowest BCUT2D eigenvalue weighted by molar-refractivity contribution is -0.142. The van der Waals surface area contributed by atoms with Gasteiger partial charge in [-0.3, -0.25) is 14.6 Å². The van der Waals surface area contributed by atoms with Gasteiger partial charge in [-0.15, -0.1) is 0 Å². The van der Waals surface area contributed by atoms with Gasteiger partial charge in [-0.25, -0.2) is 13.8 Å². The Hall–Kier alpha value is -3.11. The molecule has 2 aliphatic rings. The van der Waals surface area contributed by atoms with Crippen molar-refractivity contribution >= 4 is 29.1 Å². The van der Waals surface area contributed by atoms with Crippen molar-refractivity contribution in [2.75, 3.05) is 26.2 Å². The van der Waals surface area contributed by atoms with Crippen LogP contribution in [-0.4, -0.2) is 71.1 Å². The van der Waals surface area contributed by atoms with Gasteiger partial charge in [0.2, 0.25) is 5.91 Å². The van der Waals surface area contributed by atoms with Gasteiger partial charge in [0.05, 0.1) is 10.7 Å². The van der Waals surface area contributed by atoms with E-state index in [2.05, 4.69) is 10.1 Å². The summed E-state index contributed by atoms with van der Waals surface area (Å²) in [5.74, 6) is -0.570. The summed E-state index contributed by atoms with van der Waals surface area (Å²) in [7, 11) is 0. The lowest BCUT2D eigenvalue weighted by Crippen LogP contribution is -2.59. The van der Waals surface area contributed by atoms with E-state index in [1.54, 1.807) is 48.7 Å². The van der Waals surface area contributed by atoms with Crippen LogP contribution >= 0.6 is 11.6 Å². The highest BCUT2D eigenvalue weighted by Crippen LogP contribution is 2.38. The van der Waals surface area contributed by atoms with Crippen LogP contribution in [0.25, 0.3) is 0 Å². The van der Waals surface area contributed by atoms with E-state index in [1.807, 2.05) is 0 Å². The predicted molar refractivity (Wildman–Crippen MR) is 122 cm³/mol. The number of nitrogens with two attached hydrogens (primary N) is 1. The molecule has 1 aromatic carbocycles. The Kier molecular flexibility index (Phi) is 7.08. The molecule has 2 amide bonds. The van der Waals surface area contributed by atoms with Gasteiger partial charge in [0, 0.05) is 37.8 Å². The normalized spacial score (nSPS) is 20.9. The number of pyridine rings is 1. The van der Waals surface area contributed by atoms with Crippen LogP contribution in [0.3, 0.4) is 0 Å². The highest BCUT2D eigenvalue weighted by molar-refractivity contribution is 6.32. The molecule has 2 unspecified atom stereocenters. The van der Waals surface area contributed by atoms with E-state index >= 15 is 0 Å². The molecular formula is C23H24ClF2N5O3. The maximum atomic E-state index is 13.3. The number of carbonyl (C=O) groups excluding carboxylic acids is 2. The summed E-state index contributed by atoms with van der Waals surface area (Å²) in [5.41, 5.74) is 5.93. The Morgan fingerprint density at radius 3 is 2.71 bits per heavy atom. The van der Waals surface area contributed by atoms with Gasteiger partial charge in [0.15, 0.2) is 0 Å². The van der Waals surface area contributed by atoms with Crippen molar-refractivity contribution in [1.29, 1.82) is 0 Å². The zero-order chi connectivity index (χ0) is 24.3. The second kappa shape index (κ2) is 10.0. The van der Waals surface area contributed by atoms with E-state index in [-0.39, 0.29) is 32.5 Å². The van der Waals surface area contributed by atoms with Crippen LogP contribution < -0.4 is 10.5 Å². The van der Waals surface area contributed by atoms with Gasteiger partial charge in [-0.2, -0.15) is 5.10 Å². The highest BCUT2D eigenvalue weighted by Gasteiger charge is 2.55. The summed E-state index contributed by atoms with van der Waals surface area (Å²) >= 11 is 6.08. The molecule has 3 heterocycles. The number of hydrogen-bond donors (Lipinski definition) is 1. The average molecular weight is 492 g/mol. The third kappa shape index (κ3) is 4.88. The monoisotopic (exact) mass is 491 g/mol. The van der Waals surface area contributed by atoms with Gasteiger partial charge in [-0.1, -0.05) is 29.8 Å². The number of halogens is 3. The van der Waals surface area contributed by atoms with E-state index in [9.17, 15) is 18.4 Å². The molecule has 34 heavy (non-hydrogen) atoms. The average Bonchev–Trinajstić information content (AvgIpc) is 3.08. The Morgan fingerprint density at radius 1 is 1.24 bits per heavy atom. The van der Waals surface area contributed by atoms with Crippen LogP contribution in [0, 0.1) is 5.41 Å². The van der Waals surface area contributed by atoms with Gasteiger partial charge in [0.25, 0.3) is 12.3 Å². The summed E-state index contributed by atoms with van der Waals surface area (Å²) in [4.78, 5) is 32.2. The number of aromatic nitrogens is 1. The molecule has 0 saturated carbocycles. The number of carbonyl (C=O) groups is 2. The van der Waals surface area contributed by atoms with Crippen molar-refractivity contribution in [2.24, 2.45) is 16.3 Å². The van der Waals surface area contributed by atoms with Crippen LogP contribution in [0.1, 0.15) is 12.1 Å². The molecule has 180 valence electrons. The molecule has 2 atom stereocenters. The molecule has 4 rings (SSSR count). The minimum atomic E-state index is -2.73. The van der Waals surface area contributed by atoms with Crippen LogP contribution in [0.4, 0.5) is 8.78 Å². The number of para-hydroxylation sites is 1. The van der Waals surface area contributed by atoms with Crippen molar-refractivity contribution in [1.82, 2.24) is 14.9 Å². The van der Waals surface area contributed by atoms with E-state index in [4.69, 9.17) is 22.1 Å². The molecule has 0 radical (unpaired) electrons. The van der Waals surface area contributed by atoms with Crippen molar-refractivity contribution in [2.45, 2.75) is 25.3 Å². The fourth-order valence-electron chi connectivity index (χ4n) is 4.29. The smallest absolute Gasteiger partial charge is 0.258 e. The molecule has 0 spiro atoms. The number of fused-ring (bicyclic) bond motifs is 1. The number of likely N-dealkylation sites (tertiary alicyclic amines) is 1. The van der Waals surface area contributed by atoms with E-state index in [1.165, 1.54) is 4.90 Å². The van der Waals surface area contributed by atoms with Gasteiger partial charge in [0.1, 0.15) is 30.4 Å². The molecular weight excluding hydrogens is 468 g/mol. The summed E-state index contributed by atoms with van der Waals surface area (Å²) in [6.45, 7) is -0.680. The number of benzene rings is 1. The molecule has 1 aromatic heterocycles. The Morgan fingerprint density at radius 2 is 2.00 bits per heavy atom. The summed E-state index contributed by atoms with van der Waals surface area (Å²) in [5, 5.41) is 5.42. The Balaban J connectivity index is 1.52. The first-order chi connectivity index (χ1) is 16.3. The number of hydrazone groups is 1. The molecule has 0 aliphatic carbocycles. The number of piperidine rings is 1. The SMILES string of the molecule is NC(COc1ccccc1Cl)C(=O)N1CCC2=NN(CC(F)F)C(=O)C2(Cc2ccccn2)C1. The zero-order valence-electron chi connectivity index (χ0n) is 18.2. The maximum absolute atomic E-state index is 13.3. The summed E-state index contributed by atoms with van der Waals surface area (Å²) < 4.78 is 31.7. The molecule has 1 fully saturated rings. The van der Waals surface area contributed by atoms with Crippen LogP contribution in [0.15, 0.2) is 53.8 Å². The minimum Gasteiger partial charge on any atom is -0.490 e. The summed E-state index contributed by atoms with van der Waals surface area (Å²) in [6, 6.07) is 11.1. The first-order valence-corrected chi connectivity index (χ1v) is 11.2. The predicted octanol–water partition coefficient (Wildman–Crippen LogP) is 2.37. The Bertz CT molecular complexity index is 1090. The molecule has 11 heteroatoms. The fourth-order valence-corrected chi connectivity index (χ4v) is 4.48. The third-order valence-corrected chi connectivity index (χ3v) is 6.23. The first kappa shape index (κ1) is 24.0. The number of rotatable bonds is 8. The second-order valence-electron chi connectivity index (χ2n) is 8.26. The minimum absolute atomic E-state index is 0.0282. The molecule has 2 N–H and O–H groups in total. The lowest BCUT2D eigenvalue weighted by atomic mass is 9.74. The van der Waals surface area contributed by atoms with E-state index < -0.39 is 36.2 Å². The van der Waals surface area contributed by atoms with Crippen LogP contribution in [0.5, 0.6) is 5.75 Å². The number of alkyl halides is 2. The van der Waals surface area contributed by atoms with Crippen molar-refractivity contribution in [3.63, 3.8) is 0 Å². The van der Waals surface area contributed by atoms with Gasteiger partial charge >= 0.3 is 0 Å². The second-order valence-corrected chi connectivity index (χ2v) is 8.67. The number of nitrogens with zero attached hydrogens (tertiary/aromatic N) is 4. The summed E-state index contributed by atoms with van der Waals surface area (Å²) in [6.07, 6.45) is -0.733. The number of amides is 2. The van der Waals surface area contributed by atoms with Crippen LogP contribution in [-0.2, 0) is 16.0 Å². The van der Waals surface area contributed by atoms with E-state index in [0.717, 1.165) is 5.01 Å². The lowest BCUT2D eigenvalue weighted by Gasteiger charge is -2.40. The molecule has 0 bridgehead atoms. The van der Waals surface area contributed by atoms with Gasteiger partial charge < -0.3 is 15.4 Å². The Labute approximate surface area is 200 Å². The fraction of sp³-hybridized carbons (Fsp3) is 0.391. The van der Waals surface area contributed by atoms with Crippen molar-refractivity contribution in [3.8, 4) is 5.75 Å². The first-order valence-electron chi connectivity index (χ1n) is 10.8. The van der Waals surface area contributed by atoms with Crippen molar-refractivity contribution in [3.05, 3.63) is 59.4 Å². The third-order valence-electron chi connectivity index (χ3n) is 5.92. The molecule has 8 nitrogen and oxygen atoms in total. The zero-order valence-corrected chi connectivity index (χ0v) is 19.0. The number of ether oxygens (including phenoxy) is 1. The topological polar surface area (TPSA) is 101 Å². The van der Waals surface area contributed by atoms with Crippen LogP contribution in [0.2, 0.25) is 5.02 Å². The molecule has 2 aliphatic heterocycles.